The third kappa shape index (κ3) is 4.56. The Morgan fingerprint density at radius 3 is 2.43 bits per heavy atom. The SMILES string of the molecule is O=C(NC1CCCCC1)[C@@H]1CCCN(S(=O)(=O)c2c[nH]c(C(=O)N3CCCC3)c2)C1. The predicted molar refractivity (Wildman–Crippen MR) is 112 cm³/mol. The van der Waals surface area contributed by atoms with Crippen LogP contribution in [0.25, 0.3) is 0 Å². The number of aromatic nitrogens is 1. The molecule has 4 rings (SSSR count). The molecule has 2 N–H and O–H groups in total. The summed E-state index contributed by atoms with van der Waals surface area (Å²) in [6.45, 7) is 2.02. The number of piperidine rings is 1. The normalized spacial score (nSPS) is 24.1. The van der Waals surface area contributed by atoms with Gasteiger partial charge in [-0.25, -0.2) is 8.42 Å². The molecule has 1 aromatic heterocycles. The van der Waals surface area contributed by atoms with Crippen molar-refractivity contribution >= 4 is 21.8 Å². The molecular weight excluding hydrogens is 404 g/mol. The van der Waals surface area contributed by atoms with Gasteiger partial charge in [0.1, 0.15) is 10.6 Å². The molecule has 0 spiro atoms. The van der Waals surface area contributed by atoms with E-state index in [0.29, 0.717) is 38.2 Å². The molecule has 0 radical (unpaired) electrons. The molecule has 0 unspecified atom stereocenters. The molecule has 9 heteroatoms. The van der Waals surface area contributed by atoms with Gasteiger partial charge in [0.2, 0.25) is 15.9 Å². The molecule has 3 heterocycles. The van der Waals surface area contributed by atoms with Crippen molar-refractivity contribution < 1.29 is 18.0 Å². The van der Waals surface area contributed by atoms with Gasteiger partial charge < -0.3 is 15.2 Å². The lowest BCUT2D eigenvalue weighted by Gasteiger charge is -2.32. The van der Waals surface area contributed by atoms with Crippen molar-refractivity contribution in [3.05, 3.63) is 18.0 Å². The van der Waals surface area contributed by atoms with Gasteiger partial charge >= 0.3 is 0 Å². The maximum absolute atomic E-state index is 13.2. The highest BCUT2D eigenvalue weighted by molar-refractivity contribution is 7.89. The summed E-state index contributed by atoms with van der Waals surface area (Å²) < 4.78 is 27.7. The van der Waals surface area contributed by atoms with Crippen LogP contribution in [0.15, 0.2) is 17.2 Å². The largest absolute Gasteiger partial charge is 0.356 e. The number of likely N-dealkylation sites (tertiary alicyclic amines) is 1. The second kappa shape index (κ2) is 9.09. The second-order valence-corrected chi connectivity index (χ2v) is 10.7. The van der Waals surface area contributed by atoms with Gasteiger partial charge in [-0.2, -0.15) is 4.31 Å². The van der Waals surface area contributed by atoms with Crippen molar-refractivity contribution in [3.63, 3.8) is 0 Å². The van der Waals surface area contributed by atoms with E-state index in [1.165, 1.54) is 23.0 Å². The zero-order chi connectivity index (χ0) is 21.1. The highest BCUT2D eigenvalue weighted by Gasteiger charge is 2.35. The molecule has 3 aliphatic rings. The molecule has 0 bridgehead atoms. The van der Waals surface area contributed by atoms with E-state index in [-0.39, 0.29) is 35.2 Å². The van der Waals surface area contributed by atoms with Crippen LogP contribution in [-0.2, 0) is 14.8 Å². The van der Waals surface area contributed by atoms with E-state index < -0.39 is 10.0 Å². The number of hydrogen-bond acceptors (Lipinski definition) is 4. The van der Waals surface area contributed by atoms with Crippen molar-refractivity contribution in [3.8, 4) is 0 Å². The van der Waals surface area contributed by atoms with E-state index in [4.69, 9.17) is 0 Å². The molecule has 2 saturated heterocycles. The van der Waals surface area contributed by atoms with Crippen molar-refractivity contribution in [1.82, 2.24) is 19.5 Å². The van der Waals surface area contributed by atoms with Crippen LogP contribution >= 0.6 is 0 Å². The molecule has 0 aromatic carbocycles. The minimum absolute atomic E-state index is 0.0271. The van der Waals surface area contributed by atoms with Crippen LogP contribution in [0.5, 0.6) is 0 Å². The Labute approximate surface area is 178 Å². The predicted octanol–water partition coefficient (Wildman–Crippen LogP) is 2.10. The summed E-state index contributed by atoms with van der Waals surface area (Å²) in [4.78, 5) is 29.9. The standard InChI is InChI=1S/C21H32N4O4S/c26-20(23-17-8-2-1-3-9-17)16-7-6-12-25(15-16)30(28,29)18-13-19(22-14-18)21(27)24-10-4-5-11-24/h13-14,16-17,22H,1-12,15H2,(H,23,26)/t16-/m1/s1. The van der Waals surface area contributed by atoms with Crippen LogP contribution in [0.2, 0.25) is 0 Å². The van der Waals surface area contributed by atoms with E-state index in [1.54, 1.807) is 4.90 Å². The van der Waals surface area contributed by atoms with Gasteiger partial charge in [0, 0.05) is 38.4 Å². The molecule has 2 amide bonds. The minimum Gasteiger partial charge on any atom is -0.356 e. The van der Waals surface area contributed by atoms with Gasteiger partial charge in [-0.1, -0.05) is 19.3 Å². The number of sulfonamides is 1. The number of H-pyrrole nitrogens is 1. The maximum atomic E-state index is 13.2. The molecule has 2 aliphatic heterocycles. The first-order valence-electron chi connectivity index (χ1n) is 11.2. The molecule has 1 aromatic rings. The molecule has 8 nitrogen and oxygen atoms in total. The second-order valence-electron chi connectivity index (χ2n) is 8.79. The smallest absolute Gasteiger partial charge is 0.270 e. The number of nitrogens with zero attached hydrogens (tertiary/aromatic N) is 2. The third-order valence-electron chi connectivity index (χ3n) is 6.62. The van der Waals surface area contributed by atoms with Crippen molar-refractivity contribution in [2.45, 2.75) is 68.7 Å². The highest BCUT2D eigenvalue weighted by Crippen LogP contribution is 2.26. The van der Waals surface area contributed by atoms with Gasteiger partial charge in [-0.3, -0.25) is 9.59 Å². The van der Waals surface area contributed by atoms with E-state index >= 15 is 0 Å². The van der Waals surface area contributed by atoms with Gasteiger partial charge in [0.15, 0.2) is 0 Å². The summed E-state index contributed by atoms with van der Waals surface area (Å²) in [5.41, 5.74) is 0.305. The van der Waals surface area contributed by atoms with Crippen LogP contribution < -0.4 is 5.32 Å². The average Bonchev–Trinajstić information content (AvgIpc) is 3.47. The Morgan fingerprint density at radius 2 is 1.70 bits per heavy atom. The summed E-state index contributed by atoms with van der Waals surface area (Å²) in [6, 6.07) is 1.66. The number of nitrogens with one attached hydrogen (secondary N) is 2. The van der Waals surface area contributed by atoms with E-state index in [1.807, 2.05) is 0 Å². The third-order valence-corrected chi connectivity index (χ3v) is 8.47. The van der Waals surface area contributed by atoms with Crippen LogP contribution in [0.3, 0.4) is 0 Å². The summed E-state index contributed by atoms with van der Waals surface area (Å²) >= 11 is 0. The minimum atomic E-state index is -3.75. The molecule has 1 saturated carbocycles. The van der Waals surface area contributed by atoms with E-state index in [0.717, 1.165) is 38.5 Å². The molecule has 166 valence electrons. The van der Waals surface area contributed by atoms with E-state index in [2.05, 4.69) is 10.3 Å². The fourth-order valence-corrected chi connectivity index (χ4v) is 6.35. The number of carbonyl (C=O) groups excluding carboxylic acids is 2. The first kappa shape index (κ1) is 21.4. The van der Waals surface area contributed by atoms with Crippen molar-refractivity contribution in [2.75, 3.05) is 26.2 Å². The fourth-order valence-electron chi connectivity index (χ4n) is 4.83. The van der Waals surface area contributed by atoms with Gasteiger partial charge in [-0.05, 0) is 44.6 Å². The van der Waals surface area contributed by atoms with Gasteiger partial charge in [0.25, 0.3) is 5.91 Å². The molecule has 1 atom stereocenters. The molecular formula is C21H32N4O4S. The first-order chi connectivity index (χ1) is 14.4. The summed E-state index contributed by atoms with van der Waals surface area (Å²) in [7, 11) is -3.75. The van der Waals surface area contributed by atoms with Crippen LogP contribution in [0, 0.1) is 5.92 Å². The number of rotatable bonds is 5. The molecule has 1 aliphatic carbocycles. The zero-order valence-corrected chi connectivity index (χ0v) is 18.3. The fraction of sp³-hybridized carbons (Fsp3) is 0.714. The lowest BCUT2D eigenvalue weighted by Crippen LogP contribution is -2.47. The maximum Gasteiger partial charge on any atom is 0.270 e. The highest BCUT2D eigenvalue weighted by atomic mass is 32.2. The zero-order valence-electron chi connectivity index (χ0n) is 17.4. The van der Waals surface area contributed by atoms with Crippen molar-refractivity contribution in [2.24, 2.45) is 5.92 Å². The number of amides is 2. The molecule has 3 fully saturated rings. The number of hydrogen-bond donors (Lipinski definition) is 2. The quantitative estimate of drug-likeness (QED) is 0.738. The van der Waals surface area contributed by atoms with E-state index in [9.17, 15) is 18.0 Å². The Bertz CT molecular complexity index is 869. The number of carbonyl (C=O) groups is 2. The summed E-state index contributed by atoms with van der Waals surface area (Å²) in [5.74, 6) is -0.502. The Morgan fingerprint density at radius 1 is 0.967 bits per heavy atom. The number of aromatic amines is 1. The lowest BCUT2D eigenvalue weighted by molar-refractivity contribution is -0.127. The van der Waals surface area contributed by atoms with Gasteiger partial charge in [-0.15, -0.1) is 0 Å². The van der Waals surface area contributed by atoms with Crippen LogP contribution in [0.1, 0.15) is 68.3 Å². The summed E-state index contributed by atoms with van der Waals surface area (Å²) in [6.07, 6.45) is 10.2. The summed E-state index contributed by atoms with van der Waals surface area (Å²) in [5, 5.41) is 3.13. The Balaban J connectivity index is 1.41. The lowest BCUT2D eigenvalue weighted by atomic mass is 9.93. The van der Waals surface area contributed by atoms with Crippen LogP contribution in [-0.4, -0.2) is 66.6 Å². The monoisotopic (exact) mass is 436 g/mol. The first-order valence-corrected chi connectivity index (χ1v) is 12.7. The van der Waals surface area contributed by atoms with Gasteiger partial charge in [0.05, 0.1) is 5.92 Å². The topological polar surface area (TPSA) is 103 Å². The Kier molecular flexibility index (Phi) is 6.48. The average molecular weight is 437 g/mol. The van der Waals surface area contributed by atoms with Crippen molar-refractivity contribution in [1.29, 1.82) is 0 Å². The van der Waals surface area contributed by atoms with Crippen LogP contribution in [0.4, 0.5) is 0 Å². The Hall–Kier alpha value is -1.87. The molecule has 30 heavy (non-hydrogen) atoms.